The zero-order valence-electron chi connectivity index (χ0n) is 11.4. The molecule has 4 nitrogen and oxygen atoms in total. The summed E-state index contributed by atoms with van der Waals surface area (Å²) in [6, 6.07) is 7.57. The van der Waals surface area contributed by atoms with Crippen LogP contribution in [0.15, 0.2) is 30.5 Å². The lowest BCUT2D eigenvalue weighted by molar-refractivity contribution is 0.744. The van der Waals surface area contributed by atoms with Gasteiger partial charge in [-0.3, -0.25) is 0 Å². The lowest BCUT2D eigenvalue weighted by Crippen LogP contribution is -2.16. The molecular formula is C15H16Cl2N4. The van der Waals surface area contributed by atoms with Gasteiger partial charge in [0.15, 0.2) is 0 Å². The van der Waals surface area contributed by atoms with Crippen molar-refractivity contribution in [2.45, 2.75) is 31.7 Å². The molecule has 0 unspecified atom stereocenters. The molecular weight excluding hydrogens is 307 g/mol. The Morgan fingerprint density at radius 3 is 2.71 bits per heavy atom. The Balaban J connectivity index is 1.74. The van der Waals surface area contributed by atoms with Gasteiger partial charge in [-0.05, 0) is 37.1 Å². The van der Waals surface area contributed by atoms with Gasteiger partial charge in [0, 0.05) is 17.3 Å². The third-order valence-corrected chi connectivity index (χ3v) is 4.10. The molecule has 0 radical (unpaired) electrons. The molecule has 1 aliphatic carbocycles. The van der Waals surface area contributed by atoms with Crippen LogP contribution < -0.4 is 10.6 Å². The van der Waals surface area contributed by atoms with E-state index in [-0.39, 0.29) is 0 Å². The SMILES string of the molecule is Clc1ccc(Cl)c(Nc2ccnc(NC3CCCC3)n2)c1. The first kappa shape index (κ1) is 14.4. The Morgan fingerprint density at radius 2 is 1.90 bits per heavy atom. The zero-order chi connectivity index (χ0) is 14.7. The molecule has 0 bridgehead atoms. The first-order valence-corrected chi connectivity index (χ1v) is 7.78. The number of rotatable bonds is 4. The summed E-state index contributed by atoms with van der Waals surface area (Å²) in [7, 11) is 0. The minimum Gasteiger partial charge on any atom is -0.351 e. The Labute approximate surface area is 133 Å². The van der Waals surface area contributed by atoms with Crippen LogP contribution in [-0.4, -0.2) is 16.0 Å². The van der Waals surface area contributed by atoms with Gasteiger partial charge in [-0.15, -0.1) is 0 Å². The lowest BCUT2D eigenvalue weighted by Gasteiger charge is -2.13. The van der Waals surface area contributed by atoms with E-state index in [0.29, 0.717) is 27.9 Å². The van der Waals surface area contributed by atoms with Gasteiger partial charge in [0.2, 0.25) is 5.95 Å². The summed E-state index contributed by atoms with van der Waals surface area (Å²) in [5, 5.41) is 7.77. The maximum Gasteiger partial charge on any atom is 0.224 e. The second-order valence-corrected chi connectivity index (χ2v) is 5.98. The van der Waals surface area contributed by atoms with Crippen molar-refractivity contribution in [2.24, 2.45) is 0 Å². The number of anilines is 3. The van der Waals surface area contributed by atoms with Gasteiger partial charge in [-0.1, -0.05) is 36.0 Å². The summed E-state index contributed by atoms with van der Waals surface area (Å²) < 4.78 is 0. The maximum atomic E-state index is 6.14. The molecule has 0 amide bonds. The summed E-state index contributed by atoms with van der Waals surface area (Å²) in [6.07, 6.45) is 6.63. The molecule has 0 atom stereocenters. The molecule has 1 aliphatic rings. The van der Waals surface area contributed by atoms with Gasteiger partial charge < -0.3 is 10.6 Å². The van der Waals surface area contributed by atoms with Crippen LogP contribution in [0.5, 0.6) is 0 Å². The van der Waals surface area contributed by atoms with Crippen LogP contribution in [0.4, 0.5) is 17.5 Å². The average Bonchev–Trinajstić information content (AvgIpc) is 2.96. The summed E-state index contributed by atoms with van der Waals surface area (Å²) >= 11 is 12.1. The van der Waals surface area contributed by atoms with Crippen LogP contribution >= 0.6 is 23.2 Å². The first-order valence-electron chi connectivity index (χ1n) is 7.02. The topological polar surface area (TPSA) is 49.8 Å². The third kappa shape index (κ3) is 3.77. The zero-order valence-corrected chi connectivity index (χ0v) is 13.0. The summed E-state index contributed by atoms with van der Waals surface area (Å²) in [5.74, 6) is 1.33. The van der Waals surface area contributed by atoms with E-state index in [2.05, 4.69) is 20.6 Å². The van der Waals surface area contributed by atoms with Crippen LogP contribution in [0.1, 0.15) is 25.7 Å². The Morgan fingerprint density at radius 1 is 1.10 bits per heavy atom. The highest BCUT2D eigenvalue weighted by atomic mass is 35.5. The lowest BCUT2D eigenvalue weighted by atomic mass is 10.2. The standard InChI is InChI=1S/C15H16Cl2N4/c16-10-5-6-12(17)13(9-10)20-14-7-8-18-15(21-14)19-11-3-1-2-4-11/h5-9,11H,1-4H2,(H2,18,19,20,21). The highest BCUT2D eigenvalue weighted by molar-refractivity contribution is 6.35. The van der Waals surface area contributed by atoms with Crippen molar-refractivity contribution in [2.75, 3.05) is 10.6 Å². The van der Waals surface area contributed by atoms with Crippen LogP contribution in [0.25, 0.3) is 0 Å². The van der Waals surface area contributed by atoms with Crippen LogP contribution in [0, 0.1) is 0 Å². The smallest absolute Gasteiger partial charge is 0.224 e. The minimum absolute atomic E-state index is 0.481. The van der Waals surface area contributed by atoms with Gasteiger partial charge in [-0.25, -0.2) is 4.98 Å². The fourth-order valence-electron chi connectivity index (χ4n) is 2.48. The van der Waals surface area contributed by atoms with Crippen molar-refractivity contribution in [1.82, 2.24) is 9.97 Å². The van der Waals surface area contributed by atoms with Gasteiger partial charge >= 0.3 is 0 Å². The van der Waals surface area contributed by atoms with Gasteiger partial charge in [-0.2, -0.15) is 4.98 Å². The molecule has 3 rings (SSSR count). The van der Waals surface area contributed by atoms with Crippen molar-refractivity contribution in [3.05, 3.63) is 40.5 Å². The van der Waals surface area contributed by atoms with Gasteiger partial charge in [0.05, 0.1) is 10.7 Å². The normalized spacial score (nSPS) is 15.1. The quantitative estimate of drug-likeness (QED) is 0.842. The Hall–Kier alpha value is -1.52. The first-order chi connectivity index (χ1) is 10.2. The van der Waals surface area contributed by atoms with Crippen molar-refractivity contribution in [3.8, 4) is 0 Å². The molecule has 6 heteroatoms. The fraction of sp³-hybridized carbons (Fsp3) is 0.333. The Kier molecular flexibility index (Phi) is 4.46. The van der Waals surface area contributed by atoms with E-state index in [1.54, 1.807) is 30.5 Å². The van der Waals surface area contributed by atoms with E-state index >= 15 is 0 Å². The van der Waals surface area contributed by atoms with Gasteiger partial charge in [0.25, 0.3) is 0 Å². The summed E-state index contributed by atoms with van der Waals surface area (Å²) in [4.78, 5) is 8.73. The second kappa shape index (κ2) is 6.50. The number of hydrogen-bond acceptors (Lipinski definition) is 4. The van der Waals surface area contributed by atoms with Crippen LogP contribution in [0.3, 0.4) is 0 Å². The molecule has 21 heavy (non-hydrogen) atoms. The van der Waals surface area contributed by atoms with Crippen molar-refractivity contribution < 1.29 is 0 Å². The predicted molar refractivity (Wildman–Crippen MR) is 87.7 cm³/mol. The molecule has 1 fully saturated rings. The van der Waals surface area contributed by atoms with Crippen molar-refractivity contribution in [1.29, 1.82) is 0 Å². The molecule has 110 valence electrons. The van der Waals surface area contributed by atoms with Crippen molar-refractivity contribution >= 4 is 40.7 Å². The van der Waals surface area contributed by atoms with Crippen LogP contribution in [0.2, 0.25) is 10.0 Å². The maximum absolute atomic E-state index is 6.14. The molecule has 2 aromatic rings. The number of aromatic nitrogens is 2. The van der Waals surface area contributed by atoms with E-state index in [9.17, 15) is 0 Å². The van der Waals surface area contributed by atoms with Crippen LogP contribution in [-0.2, 0) is 0 Å². The van der Waals surface area contributed by atoms with E-state index in [4.69, 9.17) is 23.2 Å². The monoisotopic (exact) mass is 322 g/mol. The Bertz CT molecular complexity index is 627. The van der Waals surface area contributed by atoms with Gasteiger partial charge in [0.1, 0.15) is 5.82 Å². The number of nitrogens with zero attached hydrogens (tertiary/aromatic N) is 2. The summed E-state index contributed by atoms with van der Waals surface area (Å²) in [5.41, 5.74) is 0.731. The molecule has 2 N–H and O–H groups in total. The molecule has 1 saturated carbocycles. The average molecular weight is 323 g/mol. The summed E-state index contributed by atoms with van der Waals surface area (Å²) in [6.45, 7) is 0. The molecule has 1 aromatic carbocycles. The van der Waals surface area contributed by atoms with Crippen molar-refractivity contribution in [3.63, 3.8) is 0 Å². The molecule has 1 heterocycles. The number of halogens is 2. The molecule has 0 spiro atoms. The molecule has 0 saturated heterocycles. The fourth-order valence-corrected chi connectivity index (χ4v) is 2.82. The van der Waals surface area contributed by atoms with E-state index < -0.39 is 0 Å². The van der Waals surface area contributed by atoms with E-state index in [1.165, 1.54) is 25.7 Å². The predicted octanol–water partition coefficient (Wildman–Crippen LogP) is 4.88. The number of nitrogens with one attached hydrogen (secondary N) is 2. The second-order valence-electron chi connectivity index (χ2n) is 5.14. The third-order valence-electron chi connectivity index (χ3n) is 3.54. The number of hydrogen-bond donors (Lipinski definition) is 2. The molecule has 1 aromatic heterocycles. The van der Waals surface area contributed by atoms with E-state index in [1.807, 2.05) is 0 Å². The van der Waals surface area contributed by atoms with E-state index in [0.717, 1.165) is 5.69 Å². The minimum atomic E-state index is 0.481. The number of benzene rings is 1. The highest BCUT2D eigenvalue weighted by Crippen LogP contribution is 2.28. The highest BCUT2D eigenvalue weighted by Gasteiger charge is 2.15. The largest absolute Gasteiger partial charge is 0.351 e. The molecule has 0 aliphatic heterocycles.